The highest BCUT2D eigenvalue weighted by Gasteiger charge is 2.30. The van der Waals surface area contributed by atoms with E-state index in [9.17, 15) is 43.2 Å². The smallest absolute Gasteiger partial charge is 0.462 e. The Morgan fingerprint density at radius 3 is 0.782 bits per heavy atom. The zero-order valence-corrected chi connectivity index (χ0v) is 58.3. The standard InChI is InChI=1S/C68H132O17P2/c1-8-9-10-11-12-13-14-15-16-17-18-19-22-28-37-44-51-67(72)84-63(55-78-65(70)49-42-35-27-23-20-21-25-32-39-46-59(2)3)57-82-86(74,75)80-53-62(69)54-81-87(76,77)83-58-64(56-79-66(71)50-43-36-31-30-34-41-48-61(6)7)85-68(73)52-45-38-29-24-26-33-40-47-60(4)5/h59-64,69H,8-58H2,1-7H3,(H,74,75)(H,76,77)/t62-,63-,64-/m1/s1. The lowest BCUT2D eigenvalue weighted by molar-refractivity contribution is -0.161. The van der Waals surface area contributed by atoms with Crippen molar-refractivity contribution < 1.29 is 80.2 Å². The minimum Gasteiger partial charge on any atom is -0.462 e. The van der Waals surface area contributed by atoms with Gasteiger partial charge in [-0.1, -0.05) is 286 Å². The van der Waals surface area contributed by atoms with E-state index >= 15 is 0 Å². The van der Waals surface area contributed by atoms with Crippen LogP contribution in [-0.2, 0) is 65.4 Å². The largest absolute Gasteiger partial charge is 0.472 e. The lowest BCUT2D eigenvalue weighted by atomic mass is 10.0. The van der Waals surface area contributed by atoms with Crippen LogP contribution >= 0.6 is 15.6 Å². The summed E-state index contributed by atoms with van der Waals surface area (Å²) in [5, 5.41) is 10.6. The van der Waals surface area contributed by atoms with Gasteiger partial charge >= 0.3 is 39.5 Å². The van der Waals surface area contributed by atoms with Crippen molar-refractivity contribution in [2.45, 2.75) is 356 Å². The molecule has 0 aromatic rings. The second-order valence-electron chi connectivity index (χ2n) is 26.0. The number of rotatable bonds is 66. The first-order chi connectivity index (χ1) is 41.7. The Hall–Kier alpha value is -1.94. The third-order valence-electron chi connectivity index (χ3n) is 15.6. The molecule has 2 unspecified atom stereocenters. The molecule has 0 fully saturated rings. The fourth-order valence-corrected chi connectivity index (χ4v) is 11.8. The molecular formula is C68H132O17P2. The molecule has 19 heteroatoms. The van der Waals surface area contributed by atoms with E-state index in [-0.39, 0.29) is 25.7 Å². The normalized spacial score (nSPS) is 14.3. The Morgan fingerprint density at radius 1 is 0.310 bits per heavy atom. The molecule has 0 aliphatic rings. The molecule has 0 aliphatic heterocycles. The molecule has 17 nitrogen and oxygen atoms in total. The van der Waals surface area contributed by atoms with Crippen LogP contribution < -0.4 is 0 Å². The first-order valence-electron chi connectivity index (χ1n) is 35.3. The molecule has 0 rings (SSSR count). The quantitative estimate of drug-likeness (QED) is 0.0222. The van der Waals surface area contributed by atoms with E-state index in [4.69, 9.17) is 37.0 Å². The molecule has 0 radical (unpaired) electrons. The lowest BCUT2D eigenvalue weighted by Gasteiger charge is -2.21. The van der Waals surface area contributed by atoms with Gasteiger partial charge in [-0.3, -0.25) is 37.3 Å². The second-order valence-corrected chi connectivity index (χ2v) is 28.9. The molecule has 0 heterocycles. The molecule has 0 spiro atoms. The molecule has 516 valence electrons. The lowest BCUT2D eigenvalue weighted by Crippen LogP contribution is -2.30. The van der Waals surface area contributed by atoms with Crippen LogP contribution in [0.3, 0.4) is 0 Å². The van der Waals surface area contributed by atoms with Gasteiger partial charge in [0.25, 0.3) is 0 Å². The van der Waals surface area contributed by atoms with E-state index in [1.165, 1.54) is 141 Å². The fraction of sp³-hybridized carbons (Fsp3) is 0.941. The molecule has 5 atom stereocenters. The molecule has 0 aromatic carbocycles. The van der Waals surface area contributed by atoms with Crippen molar-refractivity contribution in [3.05, 3.63) is 0 Å². The number of aliphatic hydroxyl groups excluding tert-OH is 1. The Morgan fingerprint density at radius 2 is 0.529 bits per heavy atom. The zero-order valence-electron chi connectivity index (χ0n) is 56.5. The number of esters is 4. The number of phosphoric ester groups is 2. The van der Waals surface area contributed by atoms with Crippen molar-refractivity contribution >= 4 is 39.5 Å². The predicted octanol–water partition coefficient (Wildman–Crippen LogP) is 19.1. The van der Waals surface area contributed by atoms with Crippen LogP contribution in [0.15, 0.2) is 0 Å². The minimum absolute atomic E-state index is 0.102. The van der Waals surface area contributed by atoms with Crippen molar-refractivity contribution in [2.75, 3.05) is 39.6 Å². The fourth-order valence-electron chi connectivity index (χ4n) is 10.2. The molecule has 0 saturated heterocycles. The number of aliphatic hydroxyl groups is 1. The van der Waals surface area contributed by atoms with Crippen molar-refractivity contribution in [1.29, 1.82) is 0 Å². The average Bonchev–Trinajstić information content (AvgIpc) is 3.50. The first-order valence-corrected chi connectivity index (χ1v) is 38.3. The number of unbranched alkanes of at least 4 members (excludes halogenated alkanes) is 34. The summed E-state index contributed by atoms with van der Waals surface area (Å²) in [7, 11) is -9.90. The number of carbonyl (C=O) groups excluding carboxylic acids is 4. The van der Waals surface area contributed by atoms with Crippen molar-refractivity contribution in [3.8, 4) is 0 Å². The number of phosphoric acid groups is 2. The molecular weight excluding hydrogens is 1150 g/mol. The van der Waals surface area contributed by atoms with Crippen LogP contribution in [0.1, 0.15) is 337 Å². The van der Waals surface area contributed by atoms with E-state index < -0.39 is 97.5 Å². The van der Waals surface area contributed by atoms with E-state index in [2.05, 4.69) is 48.5 Å². The molecule has 87 heavy (non-hydrogen) atoms. The molecule has 0 aromatic heterocycles. The summed E-state index contributed by atoms with van der Waals surface area (Å²) in [6.45, 7) is 11.7. The van der Waals surface area contributed by atoms with E-state index in [1.54, 1.807) is 0 Å². The summed E-state index contributed by atoms with van der Waals surface area (Å²) in [4.78, 5) is 72.4. The summed E-state index contributed by atoms with van der Waals surface area (Å²) < 4.78 is 68.1. The average molecular weight is 1280 g/mol. The topological polar surface area (TPSA) is 237 Å². The molecule has 3 N–H and O–H groups in total. The van der Waals surface area contributed by atoms with Gasteiger partial charge in [0.1, 0.15) is 19.3 Å². The maximum absolute atomic E-state index is 13.0. The van der Waals surface area contributed by atoms with Gasteiger partial charge in [-0.15, -0.1) is 0 Å². The van der Waals surface area contributed by atoms with Crippen molar-refractivity contribution in [2.24, 2.45) is 17.8 Å². The van der Waals surface area contributed by atoms with Crippen LogP contribution in [-0.4, -0.2) is 96.7 Å². The third kappa shape index (κ3) is 62.6. The van der Waals surface area contributed by atoms with Crippen molar-refractivity contribution in [1.82, 2.24) is 0 Å². The van der Waals surface area contributed by atoms with Gasteiger partial charge in [0.2, 0.25) is 0 Å². The Kier molecular flexibility index (Phi) is 57.8. The summed E-state index contributed by atoms with van der Waals surface area (Å²) in [6.07, 6.45) is 42.0. The Labute approximate surface area is 530 Å². The van der Waals surface area contributed by atoms with E-state index in [0.29, 0.717) is 37.5 Å². The van der Waals surface area contributed by atoms with Gasteiger partial charge in [0.05, 0.1) is 26.4 Å². The van der Waals surface area contributed by atoms with E-state index in [0.717, 1.165) is 102 Å². The number of hydrogen-bond acceptors (Lipinski definition) is 15. The first kappa shape index (κ1) is 85.1. The highest BCUT2D eigenvalue weighted by molar-refractivity contribution is 7.47. The van der Waals surface area contributed by atoms with Crippen LogP contribution in [0.2, 0.25) is 0 Å². The van der Waals surface area contributed by atoms with E-state index in [1.807, 2.05) is 0 Å². The van der Waals surface area contributed by atoms with Crippen LogP contribution in [0.25, 0.3) is 0 Å². The number of ether oxygens (including phenoxy) is 4. The highest BCUT2D eigenvalue weighted by Crippen LogP contribution is 2.45. The highest BCUT2D eigenvalue weighted by atomic mass is 31.2. The predicted molar refractivity (Wildman–Crippen MR) is 349 cm³/mol. The van der Waals surface area contributed by atoms with Gasteiger partial charge in [-0.2, -0.15) is 0 Å². The van der Waals surface area contributed by atoms with Crippen LogP contribution in [0.5, 0.6) is 0 Å². The van der Waals surface area contributed by atoms with Gasteiger partial charge < -0.3 is 33.8 Å². The SMILES string of the molecule is CCCCCCCCCCCCCCCCCCC(=O)O[C@H](COC(=O)CCCCCCCCCCCC(C)C)COP(=O)(O)OC[C@@H](O)COP(=O)(O)OC[C@@H](COC(=O)CCCCCCCCC(C)C)OC(=O)CCCCCCCCCC(C)C. The number of carbonyl (C=O) groups is 4. The Balaban J connectivity index is 5.23. The van der Waals surface area contributed by atoms with Gasteiger partial charge in [-0.05, 0) is 43.4 Å². The summed E-state index contributed by atoms with van der Waals surface area (Å²) in [5.74, 6) is -0.0140. The van der Waals surface area contributed by atoms with Crippen LogP contribution in [0, 0.1) is 17.8 Å². The number of hydrogen-bond donors (Lipinski definition) is 3. The maximum atomic E-state index is 13.0. The molecule has 0 amide bonds. The van der Waals surface area contributed by atoms with Gasteiger partial charge in [0.15, 0.2) is 12.2 Å². The van der Waals surface area contributed by atoms with Crippen LogP contribution in [0.4, 0.5) is 0 Å². The molecule has 0 bridgehead atoms. The zero-order chi connectivity index (χ0) is 64.5. The summed E-state index contributed by atoms with van der Waals surface area (Å²) in [6, 6.07) is 0. The van der Waals surface area contributed by atoms with Gasteiger partial charge in [-0.25, -0.2) is 9.13 Å². The summed E-state index contributed by atoms with van der Waals surface area (Å²) >= 11 is 0. The molecule has 0 aliphatic carbocycles. The summed E-state index contributed by atoms with van der Waals surface area (Å²) in [5.41, 5.74) is 0. The third-order valence-corrected chi connectivity index (χ3v) is 17.5. The van der Waals surface area contributed by atoms with Crippen molar-refractivity contribution in [3.63, 3.8) is 0 Å². The van der Waals surface area contributed by atoms with Gasteiger partial charge in [0, 0.05) is 25.7 Å². The monoisotopic (exact) mass is 1280 g/mol. The molecule has 0 saturated carbocycles. The second kappa shape index (κ2) is 59.1. The minimum atomic E-state index is -4.95. The Bertz CT molecular complexity index is 1720. The maximum Gasteiger partial charge on any atom is 0.472 e.